The van der Waals surface area contributed by atoms with Gasteiger partial charge in [-0.3, -0.25) is 9.59 Å². The fraction of sp³-hybridized carbons (Fsp3) is 0.111. The van der Waals surface area contributed by atoms with E-state index in [0.717, 1.165) is 0 Å². The number of hydrogen-bond donors (Lipinski definition) is 0. The lowest BCUT2D eigenvalue weighted by Crippen LogP contribution is -2.23. The van der Waals surface area contributed by atoms with Gasteiger partial charge in [0.25, 0.3) is 6.47 Å². The zero-order chi connectivity index (χ0) is 9.26. The number of rotatable bonds is 2. The second kappa shape index (κ2) is 2.90. The minimum atomic E-state index is -1.10. The maximum atomic E-state index is 11.4. The summed E-state index contributed by atoms with van der Waals surface area (Å²) in [5.41, 5.74) is 0.453. The molecule has 0 amide bonds. The third kappa shape index (κ3) is 1.16. The van der Waals surface area contributed by atoms with Crippen molar-refractivity contribution in [3.63, 3.8) is 0 Å². The predicted molar refractivity (Wildman–Crippen MR) is 42.3 cm³/mol. The van der Waals surface area contributed by atoms with E-state index in [1.54, 1.807) is 24.3 Å². The van der Waals surface area contributed by atoms with Crippen LogP contribution in [0, 0.1) is 0 Å². The molecule has 13 heavy (non-hydrogen) atoms. The van der Waals surface area contributed by atoms with Gasteiger partial charge >= 0.3 is 6.29 Å². The molecular formula is C9H6O4. The van der Waals surface area contributed by atoms with E-state index in [9.17, 15) is 9.59 Å². The maximum absolute atomic E-state index is 11.4. The molecule has 66 valence electrons. The minimum absolute atomic E-state index is 0.203. The number of ketones is 1. The van der Waals surface area contributed by atoms with Gasteiger partial charge in [0.1, 0.15) is 5.75 Å². The predicted octanol–water partition coefficient (Wildman–Crippen LogP) is 0.761. The Morgan fingerprint density at radius 1 is 1.38 bits per heavy atom. The van der Waals surface area contributed by atoms with Crippen molar-refractivity contribution in [2.24, 2.45) is 0 Å². The Labute approximate surface area is 74.1 Å². The first-order chi connectivity index (χ1) is 6.33. The quantitative estimate of drug-likeness (QED) is 0.627. The molecule has 0 radical (unpaired) electrons. The molecule has 0 bridgehead atoms. The van der Waals surface area contributed by atoms with Crippen LogP contribution in [0.1, 0.15) is 10.4 Å². The van der Waals surface area contributed by atoms with Gasteiger partial charge in [-0.05, 0) is 12.1 Å². The second-order valence-electron chi connectivity index (χ2n) is 2.54. The van der Waals surface area contributed by atoms with Crippen LogP contribution in [0.25, 0.3) is 0 Å². The Morgan fingerprint density at radius 3 is 2.85 bits per heavy atom. The molecule has 1 heterocycles. The largest absolute Gasteiger partial charge is 0.447 e. The monoisotopic (exact) mass is 178 g/mol. The SMILES string of the molecule is O=COC1Oc2ccccc2C1=O. The molecule has 0 spiro atoms. The first kappa shape index (κ1) is 7.79. The second-order valence-corrected chi connectivity index (χ2v) is 2.54. The van der Waals surface area contributed by atoms with Crippen molar-refractivity contribution in [2.75, 3.05) is 0 Å². The molecule has 2 rings (SSSR count). The van der Waals surface area contributed by atoms with Crippen molar-refractivity contribution in [2.45, 2.75) is 6.29 Å². The van der Waals surface area contributed by atoms with E-state index >= 15 is 0 Å². The number of fused-ring (bicyclic) bond motifs is 1. The summed E-state index contributed by atoms with van der Waals surface area (Å²) >= 11 is 0. The highest BCUT2D eigenvalue weighted by atomic mass is 16.7. The van der Waals surface area contributed by atoms with Crippen LogP contribution in [0.5, 0.6) is 5.75 Å². The van der Waals surface area contributed by atoms with Crippen LogP contribution in [0.2, 0.25) is 0 Å². The number of carbonyl (C=O) groups is 2. The molecule has 0 saturated carbocycles. The fourth-order valence-electron chi connectivity index (χ4n) is 1.21. The van der Waals surface area contributed by atoms with Crippen molar-refractivity contribution in [3.05, 3.63) is 29.8 Å². The molecule has 0 saturated heterocycles. The van der Waals surface area contributed by atoms with E-state index in [4.69, 9.17) is 4.74 Å². The van der Waals surface area contributed by atoms with Gasteiger partial charge < -0.3 is 9.47 Å². The molecule has 0 aromatic heterocycles. The van der Waals surface area contributed by atoms with Crippen LogP contribution in [0.15, 0.2) is 24.3 Å². The highest BCUT2D eigenvalue weighted by molar-refractivity contribution is 6.04. The average Bonchev–Trinajstić information content (AvgIpc) is 2.46. The zero-order valence-electron chi connectivity index (χ0n) is 6.60. The van der Waals surface area contributed by atoms with Crippen LogP contribution in [0.3, 0.4) is 0 Å². The van der Waals surface area contributed by atoms with Crippen molar-refractivity contribution in [1.82, 2.24) is 0 Å². The molecular weight excluding hydrogens is 172 g/mol. The molecule has 0 N–H and O–H groups in total. The summed E-state index contributed by atoms with van der Waals surface area (Å²) in [5.74, 6) is 0.141. The fourth-order valence-corrected chi connectivity index (χ4v) is 1.21. The molecule has 0 aliphatic carbocycles. The number of carbonyl (C=O) groups excluding carboxylic acids is 2. The van der Waals surface area contributed by atoms with E-state index in [1.165, 1.54) is 0 Å². The van der Waals surface area contributed by atoms with Crippen LogP contribution in [-0.4, -0.2) is 18.5 Å². The maximum Gasteiger partial charge on any atom is 0.307 e. The summed E-state index contributed by atoms with van der Waals surface area (Å²) in [6.45, 7) is 0.203. The van der Waals surface area contributed by atoms with E-state index < -0.39 is 6.29 Å². The van der Waals surface area contributed by atoms with Crippen LogP contribution in [-0.2, 0) is 9.53 Å². The molecule has 0 fully saturated rings. The first-order valence-corrected chi connectivity index (χ1v) is 3.72. The van der Waals surface area contributed by atoms with Gasteiger partial charge in [-0.1, -0.05) is 12.1 Å². The molecule has 1 aromatic carbocycles. The average molecular weight is 178 g/mol. The van der Waals surface area contributed by atoms with Gasteiger partial charge in [-0.25, -0.2) is 0 Å². The Kier molecular flexibility index (Phi) is 1.73. The number of ether oxygens (including phenoxy) is 2. The van der Waals surface area contributed by atoms with Gasteiger partial charge in [-0.15, -0.1) is 0 Å². The normalized spacial score (nSPS) is 19.1. The molecule has 1 unspecified atom stereocenters. The third-order valence-electron chi connectivity index (χ3n) is 1.78. The highest BCUT2D eigenvalue weighted by Gasteiger charge is 2.33. The third-order valence-corrected chi connectivity index (χ3v) is 1.78. The summed E-state index contributed by atoms with van der Waals surface area (Å²) in [6.07, 6.45) is -1.10. The van der Waals surface area contributed by atoms with Crippen LogP contribution < -0.4 is 4.74 Å². The summed E-state index contributed by atoms with van der Waals surface area (Å²) < 4.78 is 9.50. The Balaban J connectivity index is 2.32. The summed E-state index contributed by atoms with van der Waals surface area (Å²) in [4.78, 5) is 21.4. The van der Waals surface area contributed by atoms with E-state index in [-0.39, 0.29) is 12.3 Å². The van der Waals surface area contributed by atoms with Crippen molar-refractivity contribution in [1.29, 1.82) is 0 Å². The van der Waals surface area contributed by atoms with E-state index in [1.807, 2.05) is 0 Å². The Hall–Kier alpha value is -1.84. The smallest absolute Gasteiger partial charge is 0.307 e. The lowest BCUT2D eigenvalue weighted by molar-refractivity contribution is -0.141. The molecule has 1 aliphatic heterocycles. The van der Waals surface area contributed by atoms with Crippen molar-refractivity contribution >= 4 is 12.3 Å². The molecule has 1 atom stereocenters. The summed E-state index contributed by atoms with van der Waals surface area (Å²) in [5, 5.41) is 0. The minimum Gasteiger partial charge on any atom is -0.447 e. The van der Waals surface area contributed by atoms with Gasteiger partial charge in [0.05, 0.1) is 5.56 Å². The Morgan fingerprint density at radius 2 is 2.15 bits per heavy atom. The number of Topliss-reactive ketones (excluding diaryl/α,β-unsaturated/α-hetero) is 1. The number of para-hydroxylation sites is 1. The summed E-state index contributed by atoms with van der Waals surface area (Å²) in [6, 6.07) is 6.76. The number of benzene rings is 1. The van der Waals surface area contributed by atoms with Gasteiger partial charge in [0, 0.05) is 0 Å². The van der Waals surface area contributed by atoms with Crippen LogP contribution in [0.4, 0.5) is 0 Å². The highest BCUT2D eigenvalue weighted by Crippen LogP contribution is 2.28. The van der Waals surface area contributed by atoms with Gasteiger partial charge in [0.15, 0.2) is 0 Å². The molecule has 4 nitrogen and oxygen atoms in total. The molecule has 4 heteroatoms. The topological polar surface area (TPSA) is 52.6 Å². The first-order valence-electron chi connectivity index (χ1n) is 3.72. The summed E-state index contributed by atoms with van der Waals surface area (Å²) in [7, 11) is 0. The lowest BCUT2D eigenvalue weighted by atomic mass is 10.1. The Bertz CT molecular complexity index is 358. The van der Waals surface area contributed by atoms with E-state index in [2.05, 4.69) is 4.74 Å². The van der Waals surface area contributed by atoms with Crippen LogP contribution >= 0.6 is 0 Å². The van der Waals surface area contributed by atoms with Crippen molar-refractivity contribution in [3.8, 4) is 5.75 Å². The van der Waals surface area contributed by atoms with Gasteiger partial charge in [-0.2, -0.15) is 0 Å². The van der Waals surface area contributed by atoms with Gasteiger partial charge in [0.2, 0.25) is 5.78 Å². The standard InChI is InChI=1S/C9H6O4/c10-5-12-9-8(11)6-3-1-2-4-7(6)13-9/h1-5,9H. The molecule has 1 aromatic rings. The van der Waals surface area contributed by atoms with Crippen molar-refractivity contribution < 1.29 is 19.1 Å². The molecule has 1 aliphatic rings. The van der Waals surface area contributed by atoms with E-state index in [0.29, 0.717) is 11.3 Å². The lowest BCUT2D eigenvalue weighted by Gasteiger charge is -2.04. The number of hydrogen-bond acceptors (Lipinski definition) is 4. The zero-order valence-corrected chi connectivity index (χ0v) is 6.60.